The van der Waals surface area contributed by atoms with Crippen LogP contribution in [-0.4, -0.2) is 52.8 Å². The first kappa shape index (κ1) is 16.5. The van der Waals surface area contributed by atoms with Gasteiger partial charge in [-0.3, -0.25) is 0 Å². The van der Waals surface area contributed by atoms with E-state index in [9.17, 15) is 45.3 Å². The first-order valence-corrected chi connectivity index (χ1v) is 6.11. The van der Waals surface area contributed by atoms with Gasteiger partial charge in [0.05, 0.1) is 11.1 Å². The molecule has 0 aliphatic rings. The van der Waals surface area contributed by atoms with Crippen LogP contribution in [0.15, 0.2) is 12.1 Å². The third-order valence-corrected chi connectivity index (χ3v) is 3.25. The lowest BCUT2D eigenvalue weighted by Gasteiger charge is -2.15. The molecule has 24 heavy (non-hydrogen) atoms. The van der Waals surface area contributed by atoms with Crippen molar-refractivity contribution in [2.45, 2.75) is 0 Å². The summed E-state index contributed by atoms with van der Waals surface area (Å²) in [4.78, 5) is 22.6. The van der Waals surface area contributed by atoms with E-state index in [1.54, 1.807) is 0 Å². The molecule has 0 saturated carbocycles. The Morgan fingerprint density at radius 1 is 0.625 bits per heavy atom. The molecule has 0 aliphatic heterocycles. The molecule has 0 fully saturated rings. The lowest BCUT2D eigenvalue weighted by Crippen LogP contribution is -2.10. The van der Waals surface area contributed by atoms with Gasteiger partial charge < -0.3 is 40.9 Å². The molecule has 10 nitrogen and oxygen atoms in total. The number of aromatic carboxylic acids is 2. The van der Waals surface area contributed by atoms with Crippen molar-refractivity contribution in [3.63, 3.8) is 0 Å². The van der Waals surface area contributed by atoms with Crippen LogP contribution in [0.5, 0.6) is 34.5 Å². The highest BCUT2D eigenvalue weighted by Gasteiger charge is 2.31. The van der Waals surface area contributed by atoms with Gasteiger partial charge in [-0.15, -0.1) is 0 Å². The summed E-state index contributed by atoms with van der Waals surface area (Å²) in [6, 6.07) is 1.63. The second-order valence-electron chi connectivity index (χ2n) is 4.61. The van der Waals surface area contributed by atoms with Crippen molar-refractivity contribution in [3.8, 4) is 45.6 Å². The van der Waals surface area contributed by atoms with Gasteiger partial charge in [-0.25, -0.2) is 9.59 Å². The molecule has 2 aromatic rings. The van der Waals surface area contributed by atoms with Gasteiger partial charge in [0.25, 0.3) is 0 Å². The molecular weight excluding hydrogens is 328 g/mol. The number of phenolic OH excluding ortho intramolecular Hbond substituents is 5. The summed E-state index contributed by atoms with van der Waals surface area (Å²) < 4.78 is 0. The molecule has 0 bridgehead atoms. The third kappa shape index (κ3) is 2.22. The SMILES string of the molecule is O=C(O)c1c(O)ccc(-c2c(O)c(O)c(O)c(O)c2O)c1C(=O)O. The summed E-state index contributed by atoms with van der Waals surface area (Å²) in [6.07, 6.45) is 0. The van der Waals surface area contributed by atoms with Gasteiger partial charge >= 0.3 is 11.9 Å². The summed E-state index contributed by atoms with van der Waals surface area (Å²) in [5, 5.41) is 76.0. The molecule has 0 aliphatic carbocycles. The van der Waals surface area contributed by atoms with E-state index in [4.69, 9.17) is 5.11 Å². The van der Waals surface area contributed by atoms with Crippen LogP contribution in [-0.2, 0) is 0 Å². The fourth-order valence-electron chi connectivity index (χ4n) is 2.18. The highest BCUT2D eigenvalue weighted by molar-refractivity contribution is 6.09. The maximum Gasteiger partial charge on any atom is 0.340 e. The zero-order valence-electron chi connectivity index (χ0n) is 11.5. The number of carbonyl (C=O) groups is 2. The number of carboxylic acid groups (broad SMARTS) is 2. The average molecular weight is 338 g/mol. The number of rotatable bonds is 3. The summed E-state index contributed by atoms with van der Waals surface area (Å²) >= 11 is 0. The minimum Gasteiger partial charge on any atom is -0.507 e. The standard InChI is InChI=1S/C14H10O10/c15-4-2-1-3(5(13(21)22)7(4)14(23)24)6-8(16)10(18)12(20)11(19)9(6)17/h1-2,15-20H,(H,21,22)(H,23,24). The van der Waals surface area contributed by atoms with Crippen LogP contribution in [0.2, 0.25) is 0 Å². The topological polar surface area (TPSA) is 196 Å². The van der Waals surface area contributed by atoms with Crippen LogP contribution in [0.4, 0.5) is 0 Å². The highest BCUT2D eigenvalue weighted by atomic mass is 16.4. The molecule has 0 heterocycles. The number of hydrogen-bond acceptors (Lipinski definition) is 8. The third-order valence-electron chi connectivity index (χ3n) is 3.25. The molecular formula is C14H10O10. The van der Waals surface area contributed by atoms with Gasteiger partial charge in [0.1, 0.15) is 11.3 Å². The number of aromatic hydroxyl groups is 6. The summed E-state index contributed by atoms with van der Waals surface area (Å²) in [7, 11) is 0. The van der Waals surface area contributed by atoms with Crippen LogP contribution in [0, 0.1) is 0 Å². The van der Waals surface area contributed by atoms with Gasteiger partial charge in [-0.1, -0.05) is 0 Å². The van der Waals surface area contributed by atoms with Crippen LogP contribution in [0.1, 0.15) is 20.7 Å². The Morgan fingerprint density at radius 2 is 1.04 bits per heavy atom. The fraction of sp³-hybridized carbons (Fsp3) is 0. The lowest BCUT2D eigenvalue weighted by atomic mass is 9.92. The molecule has 8 N–H and O–H groups in total. The van der Waals surface area contributed by atoms with E-state index in [0.29, 0.717) is 0 Å². The Hall–Kier alpha value is -3.82. The van der Waals surface area contributed by atoms with Crippen molar-refractivity contribution in [1.29, 1.82) is 0 Å². The number of carboxylic acids is 2. The van der Waals surface area contributed by atoms with Gasteiger partial charge in [0, 0.05) is 5.56 Å². The Labute approximate surface area is 132 Å². The quantitative estimate of drug-likeness (QED) is 0.295. The molecule has 2 rings (SSSR count). The lowest BCUT2D eigenvalue weighted by molar-refractivity contribution is 0.0649. The minimum atomic E-state index is -1.83. The van der Waals surface area contributed by atoms with E-state index >= 15 is 0 Å². The van der Waals surface area contributed by atoms with Crippen LogP contribution in [0.3, 0.4) is 0 Å². The number of benzene rings is 2. The number of phenols is 6. The van der Waals surface area contributed by atoms with E-state index < -0.39 is 68.7 Å². The molecule has 0 saturated heterocycles. The van der Waals surface area contributed by atoms with Crippen molar-refractivity contribution >= 4 is 11.9 Å². The first-order chi connectivity index (χ1) is 11.1. The van der Waals surface area contributed by atoms with E-state index in [0.717, 1.165) is 12.1 Å². The molecule has 0 radical (unpaired) electrons. The normalized spacial score (nSPS) is 10.5. The predicted octanol–water partition coefficient (Wildman–Crippen LogP) is 0.984. The molecule has 0 unspecified atom stereocenters. The minimum absolute atomic E-state index is 0.627. The smallest absolute Gasteiger partial charge is 0.340 e. The Morgan fingerprint density at radius 3 is 1.46 bits per heavy atom. The van der Waals surface area contributed by atoms with Crippen molar-refractivity contribution in [2.24, 2.45) is 0 Å². The molecule has 10 heteroatoms. The Kier molecular flexibility index (Phi) is 3.74. The molecule has 0 atom stereocenters. The highest BCUT2D eigenvalue weighted by Crippen LogP contribution is 2.55. The zero-order valence-corrected chi connectivity index (χ0v) is 11.5. The molecule has 126 valence electrons. The summed E-state index contributed by atoms with van der Waals surface area (Å²) in [5.74, 6) is -10.7. The maximum absolute atomic E-state index is 11.4. The molecule has 0 aromatic heterocycles. The second-order valence-corrected chi connectivity index (χ2v) is 4.61. The summed E-state index contributed by atoms with van der Waals surface area (Å²) in [6.45, 7) is 0. The second kappa shape index (κ2) is 5.43. The van der Waals surface area contributed by atoms with Crippen molar-refractivity contribution in [1.82, 2.24) is 0 Å². The predicted molar refractivity (Wildman–Crippen MR) is 75.8 cm³/mol. The first-order valence-electron chi connectivity index (χ1n) is 6.11. The molecule has 0 amide bonds. The zero-order chi connectivity index (χ0) is 18.3. The largest absolute Gasteiger partial charge is 0.507 e. The molecule has 2 aromatic carbocycles. The van der Waals surface area contributed by atoms with Crippen molar-refractivity contribution in [2.75, 3.05) is 0 Å². The van der Waals surface area contributed by atoms with E-state index in [2.05, 4.69) is 0 Å². The van der Waals surface area contributed by atoms with Gasteiger partial charge in [0.2, 0.25) is 17.2 Å². The van der Waals surface area contributed by atoms with E-state index in [1.165, 1.54) is 0 Å². The van der Waals surface area contributed by atoms with Crippen molar-refractivity contribution < 1.29 is 50.4 Å². The average Bonchev–Trinajstić information content (AvgIpc) is 2.51. The Bertz CT molecular complexity index is 855. The van der Waals surface area contributed by atoms with Gasteiger partial charge in [-0.05, 0) is 12.1 Å². The Balaban J connectivity index is 3.02. The van der Waals surface area contributed by atoms with E-state index in [-0.39, 0.29) is 0 Å². The fourth-order valence-corrected chi connectivity index (χ4v) is 2.18. The molecule has 0 spiro atoms. The maximum atomic E-state index is 11.4. The van der Waals surface area contributed by atoms with Crippen LogP contribution in [0.25, 0.3) is 11.1 Å². The van der Waals surface area contributed by atoms with Gasteiger partial charge in [0.15, 0.2) is 11.5 Å². The monoisotopic (exact) mass is 338 g/mol. The van der Waals surface area contributed by atoms with Crippen LogP contribution < -0.4 is 0 Å². The summed E-state index contributed by atoms with van der Waals surface area (Å²) in [5.41, 5.74) is -3.52. The van der Waals surface area contributed by atoms with Crippen molar-refractivity contribution in [3.05, 3.63) is 23.3 Å². The van der Waals surface area contributed by atoms with Gasteiger partial charge in [-0.2, -0.15) is 0 Å². The van der Waals surface area contributed by atoms with E-state index in [1.807, 2.05) is 0 Å². The van der Waals surface area contributed by atoms with Crippen LogP contribution >= 0.6 is 0 Å². The number of hydrogen-bond donors (Lipinski definition) is 8.